The fraction of sp³-hybridized carbons (Fsp3) is 0.444. The fourth-order valence-corrected chi connectivity index (χ4v) is 2.96. The molecule has 1 heterocycles. The summed E-state index contributed by atoms with van der Waals surface area (Å²) in [6.45, 7) is 7.10. The maximum Gasteiger partial charge on any atom is 0.311 e. The molecule has 0 radical (unpaired) electrons. The number of hydrogen-bond acceptors (Lipinski definition) is 6. The van der Waals surface area contributed by atoms with Gasteiger partial charge in [-0.15, -0.1) is 0 Å². The lowest BCUT2D eigenvalue weighted by atomic mass is 9.82. The van der Waals surface area contributed by atoms with Crippen LogP contribution in [0.3, 0.4) is 0 Å². The first-order valence-electron chi connectivity index (χ1n) is 8.26. The predicted molar refractivity (Wildman–Crippen MR) is 93.6 cm³/mol. The van der Waals surface area contributed by atoms with Crippen LogP contribution < -0.4 is 0 Å². The molecule has 0 saturated carbocycles. The van der Waals surface area contributed by atoms with Crippen LogP contribution >= 0.6 is 0 Å². The molecule has 1 aromatic carbocycles. The highest BCUT2D eigenvalue weighted by atomic mass is 16.6. The molecule has 2 N–H and O–H groups in total. The Balaban J connectivity index is 2.67. The van der Waals surface area contributed by atoms with Gasteiger partial charge in [-0.1, -0.05) is 33.8 Å². The first-order valence-corrected chi connectivity index (χ1v) is 8.26. The molecule has 0 bridgehead atoms. The van der Waals surface area contributed by atoms with Crippen molar-refractivity contribution in [2.75, 3.05) is 6.54 Å². The minimum Gasteiger partial charge on any atom is -0.503 e. The largest absolute Gasteiger partial charge is 0.503 e. The number of nitro groups is 1. The number of Topliss-reactive ketones (excluding diaryl/α,β-unsaturated/α-hetero) is 1. The van der Waals surface area contributed by atoms with Gasteiger partial charge in [-0.05, 0) is 18.1 Å². The molecule has 1 amide bonds. The van der Waals surface area contributed by atoms with E-state index >= 15 is 0 Å². The third kappa shape index (κ3) is 3.26. The molecule has 0 saturated heterocycles. The molecule has 26 heavy (non-hydrogen) atoms. The van der Waals surface area contributed by atoms with E-state index in [1.807, 2.05) is 6.92 Å². The Bertz CT molecular complexity index is 806. The second-order valence-electron chi connectivity index (χ2n) is 7.25. The number of carbonyl (C=O) groups is 2. The van der Waals surface area contributed by atoms with Gasteiger partial charge in [-0.2, -0.15) is 0 Å². The Morgan fingerprint density at radius 3 is 2.42 bits per heavy atom. The van der Waals surface area contributed by atoms with E-state index in [1.54, 1.807) is 20.8 Å². The minimum atomic E-state index is -0.937. The lowest BCUT2D eigenvalue weighted by Crippen LogP contribution is -2.33. The fourth-order valence-electron chi connectivity index (χ4n) is 2.96. The molecule has 1 aliphatic heterocycles. The van der Waals surface area contributed by atoms with Crippen LogP contribution in [0.1, 0.15) is 45.7 Å². The Morgan fingerprint density at radius 2 is 1.92 bits per heavy atom. The summed E-state index contributed by atoms with van der Waals surface area (Å²) in [6.07, 6.45) is 0.576. The van der Waals surface area contributed by atoms with Crippen molar-refractivity contribution in [3.63, 3.8) is 0 Å². The van der Waals surface area contributed by atoms with Crippen LogP contribution in [0, 0.1) is 15.5 Å². The van der Waals surface area contributed by atoms with Gasteiger partial charge in [0.2, 0.25) is 0 Å². The zero-order chi connectivity index (χ0) is 19.8. The molecular weight excluding hydrogens is 340 g/mol. The van der Waals surface area contributed by atoms with E-state index in [-0.39, 0.29) is 17.7 Å². The standard InChI is InChI=1S/C18H22N2O6/c1-5-8-19-14(10-6-7-12(21)11(9-10)20(25)26)13(15(22)17(19)24)16(23)18(2,3)4/h6-7,9,14,21-22H,5,8H2,1-4H3. The van der Waals surface area contributed by atoms with Crippen LogP contribution in [0.4, 0.5) is 5.69 Å². The lowest BCUT2D eigenvalue weighted by molar-refractivity contribution is -0.385. The molecule has 0 aromatic heterocycles. The van der Waals surface area contributed by atoms with E-state index in [9.17, 15) is 29.9 Å². The van der Waals surface area contributed by atoms with Crippen molar-refractivity contribution in [1.82, 2.24) is 4.90 Å². The van der Waals surface area contributed by atoms with Gasteiger partial charge in [0.05, 0.1) is 16.5 Å². The number of amides is 1. The maximum absolute atomic E-state index is 12.9. The molecule has 1 atom stereocenters. The van der Waals surface area contributed by atoms with Gasteiger partial charge in [0.15, 0.2) is 17.3 Å². The van der Waals surface area contributed by atoms with Gasteiger partial charge < -0.3 is 15.1 Å². The summed E-state index contributed by atoms with van der Waals surface area (Å²) in [6, 6.07) is 2.76. The molecule has 1 aromatic rings. The second-order valence-corrected chi connectivity index (χ2v) is 7.25. The molecule has 0 spiro atoms. The van der Waals surface area contributed by atoms with Crippen molar-refractivity contribution in [1.29, 1.82) is 0 Å². The summed E-state index contributed by atoms with van der Waals surface area (Å²) >= 11 is 0. The maximum atomic E-state index is 12.9. The zero-order valence-corrected chi connectivity index (χ0v) is 15.1. The molecule has 1 aliphatic rings. The zero-order valence-electron chi connectivity index (χ0n) is 15.1. The number of phenols is 1. The number of carbonyl (C=O) groups excluding carboxylic acids is 2. The number of rotatable bonds is 5. The molecule has 140 valence electrons. The number of aromatic hydroxyl groups is 1. The van der Waals surface area contributed by atoms with Crippen molar-refractivity contribution in [2.45, 2.75) is 40.2 Å². The number of hydrogen-bond donors (Lipinski definition) is 2. The summed E-state index contributed by atoms with van der Waals surface area (Å²) < 4.78 is 0. The molecule has 1 unspecified atom stereocenters. The van der Waals surface area contributed by atoms with Gasteiger partial charge in [-0.25, -0.2) is 0 Å². The number of aliphatic hydroxyl groups excluding tert-OH is 1. The topological polar surface area (TPSA) is 121 Å². The summed E-state index contributed by atoms with van der Waals surface area (Å²) in [5.41, 5.74) is -1.17. The summed E-state index contributed by atoms with van der Waals surface area (Å²) in [5.74, 6) is -2.23. The lowest BCUT2D eigenvalue weighted by Gasteiger charge is -2.28. The van der Waals surface area contributed by atoms with E-state index in [4.69, 9.17) is 0 Å². The van der Waals surface area contributed by atoms with Gasteiger partial charge in [-0.3, -0.25) is 19.7 Å². The van der Waals surface area contributed by atoms with E-state index < -0.39 is 45.3 Å². The minimum absolute atomic E-state index is 0.0732. The Kier molecular flexibility index (Phi) is 5.06. The van der Waals surface area contributed by atoms with Gasteiger partial charge >= 0.3 is 5.69 Å². The quantitative estimate of drug-likeness (QED) is 0.613. The number of ketones is 1. The van der Waals surface area contributed by atoms with Crippen LogP contribution in [0.2, 0.25) is 0 Å². The van der Waals surface area contributed by atoms with Crippen molar-refractivity contribution in [3.05, 3.63) is 45.2 Å². The Labute approximate surface area is 150 Å². The van der Waals surface area contributed by atoms with Gasteiger partial charge in [0.25, 0.3) is 5.91 Å². The first-order chi connectivity index (χ1) is 12.0. The Morgan fingerprint density at radius 1 is 1.31 bits per heavy atom. The molecule has 0 aliphatic carbocycles. The molecule has 8 nitrogen and oxygen atoms in total. The van der Waals surface area contributed by atoms with Gasteiger partial charge in [0.1, 0.15) is 0 Å². The molecule has 0 fully saturated rings. The number of phenolic OH excluding ortho intramolecular Hbond substituents is 1. The normalized spacial score (nSPS) is 17.8. The smallest absolute Gasteiger partial charge is 0.311 e. The molecular formula is C18H22N2O6. The van der Waals surface area contributed by atoms with E-state index in [0.29, 0.717) is 6.42 Å². The van der Waals surface area contributed by atoms with Crippen LogP contribution in [0.5, 0.6) is 5.75 Å². The summed E-state index contributed by atoms with van der Waals surface area (Å²) in [7, 11) is 0. The third-order valence-electron chi connectivity index (χ3n) is 4.21. The highest BCUT2D eigenvalue weighted by molar-refractivity contribution is 6.10. The summed E-state index contributed by atoms with van der Waals surface area (Å²) in [5, 5.41) is 31.1. The summed E-state index contributed by atoms with van der Waals surface area (Å²) in [4.78, 5) is 37.1. The van der Waals surface area contributed by atoms with Crippen molar-refractivity contribution in [2.24, 2.45) is 5.41 Å². The molecule has 2 rings (SSSR count). The van der Waals surface area contributed by atoms with Crippen molar-refractivity contribution < 1.29 is 24.7 Å². The first kappa shape index (κ1) is 19.4. The number of aliphatic hydroxyl groups is 1. The average Bonchev–Trinajstić information content (AvgIpc) is 2.79. The molecule has 8 heteroatoms. The average molecular weight is 362 g/mol. The highest BCUT2D eigenvalue weighted by Crippen LogP contribution is 2.42. The van der Waals surface area contributed by atoms with Crippen LogP contribution in [-0.2, 0) is 9.59 Å². The van der Waals surface area contributed by atoms with E-state index in [1.165, 1.54) is 11.0 Å². The number of benzene rings is 1. The second kappa shape index (κ2) is 6.78. The predicted octanol–water partition coefficient (Wildman–Crippen LogP) is 3.02. The number of nitro benzene ring substituents is 1. The van der Waals surface area contributed by atoms with Crippen LogP contribution in [-0.4, -0.2) is 38.3 Å². The van der Waals surface area contributed by atoms with Crippen LogP contribution in [0.15, 0.2) is 29.5 Å². The SMILES string of the molecule is CCCN1C(=O)C(O)=C(C(=O)C(C)(C)C)C1c1ccc(O)c([N+](=O)[O-])c1. The monoisotopic (exact) mass is 362 g/mol. The van der Waals surface area contributed by atoms with E-state index in [2.05, 4.69) is 0 Å². The Hall–Kier alpha value is -2.90. The third-order valence-corrected chi connectivity index (χ3v) is 4.21. The number of nitrogens with zero attached hydrogens (tertiary/aromatic N) is 2. The van der Waals surface area contributed by atoms with E-state index in [0.717, 1.165) is 12.1 Å². The van der Waals surface area contributed by atoms with Crippen LogP contribution in [0.25, 0.3) is 0 Å². The van der Waals surface area contributed by atoms with Crippen molar-refractivity contribution >= 4 is 17.4 Å². The highest BCUT2D eigenvalue weighted by Gasteiger charge is 2.46. The van der Waals surface area contributed by atoms with Gasteiger partial charge in [0, 0.05) is 18.0 Å². The van der Waals surface area contributed by atoms with Crippen molar-refractivity contribution in [3.8, 4) is 5.75 Å².